The highest BCUT2D eigenvalue weighted by Gasteiger charge is 2.23. The van der Waals surface area contributed by atoms with Gasteiger partial charge in [-0.05, 0) is 41.8 Å². The topological polar surface area (TPSA) is 101 Å². The van der Waals surface area contributed by atoms with E-state index >= 15 is 0 Å². The van der Waals surface area contributed by atoms with Crippen molar-refractivity contribution in [3.05, 3.63) is 89.9 Å². The number of methoxy groups -OCH3 is 1. The molecule has 3 aromatic carbocycles. The van der Waals surface area contributed by atoms with Gasteiger partial charge in [0.15, 0.2) is 21.4 Å². The van der Waals surface area contributed by atoms with E-state index in [9.17, 15) is 22.7 Å². The fourth-order valence-electron chi connectivity index (χ4n) is 3.87. The molecule has 1 heterocycles. The maximum atomic E-state index is 14.6. The molecule has 9 heteroatoms. The summed E-state index contributed by atoms with van der Waals surface area (Å²) in [5.74, 6) is -2.11. The second-order valence-electron chi connectivity index (χ2n) is 7.96. The monoisotopic (exact) mass is 493 g/mol. The highest BCUT2D eigenvalue weighted by Crippen LogP contribution is 2.36. The zero-order valence-electron chi connectivity index (χ0n) is 19.1. The molecule has 0 amide bonds. The summed E-state index contributed by atoms with van der Waals surface area (Å²) in [6.45, 7) is 0.236. The van der Waals surface area contributed by atoms with Gasteiger partial charge in [0.25, 0.3) is 0 Å². The predicted octanol–water partition coefficient (Wildman–Crippen LogP) is 3.37. The summed E-state index contributed by atoms with van der Waals surface area (Å²) in [6.07, 6.45) is 1.60. The van der Waals surface area contributed by atoms with E-state index in [1.807, 2.05) is 30.3 Å². The molecule has 0 bridgehead atoms. The van der Waals surface area contributed by atoms with Gasteiger partial charge < -0.3 is 14.6 Å². The lowest BCUT2D eigenvalue weighted by Gasteiger charge is -2.12. The summed E-state index contributed by atoms with van der Waals surface area (Å²) in [4.78, 5) is 12.4. The van der Waals surface area contributed by atoms with Crippen molar-refractivity contribution < 1.29 is 27.4 Å². The van der Waals surface area contributed by atoms with Crippen LogP contribution in [0.1, 0.15) is 16.1 Å². The quantitative estimate of drug-likeness (QED) is 0.373. The van der Waals surface area contributed by atoms with Gasteiger partial charge in [0, 0.05) is 23.9 Å². The van der Waals surface area contributed by atoms with E-state index in [1.54, 1.807) is 18.2 Å². The number of carbonyl (C=O) groups excluding carboxylic acids is 1. The average Bonchev–Trinajstić information content (AvgIpc) is 3.23. The minimum Gasteiger partial charge on any atom is -0.543 e. The number of aromatic carboxylic acids is 1. The van der Waals surface area contributed by atoms with Crippen molar-refractivity contribution in [1.82, 2.24) is 9.78 Å². The van der Waals surface area contributed by atoms with Gasteiger partial charge in [0.1, 0.15) is 5.69 Å². The van der Waals surface area contributed by atoms with Crippen LogP contribution in [0.2, 0.25) is 0 Å². The van der Waals surface area contributed by atoms with E-state index in [0.717, 1.165) is 11.8 Å². The first-order chi connectivity index (χ1) is 16.7. The second-order valence-corrected chi connectivity index (χ2v) is 9.98. The molecule has 0 aliphatic heterocycles. The van der Waals surface area contributed by atoms with Gasteiger partial charge in [-0.25, -0.2) is 12.8 Å². The Hall–Kier alpha value is -3.98. The van der Waals surface area contributed by atoms with Crippen molar-refractivity contribution in [2.45, 2.75) is 17.9 Å². The van der Waals surface area contributed by atoms with Gasteiger partial charge >= 0.3 is 0 Å². The molecule has 0 aliphatic carbocycles. The first kappa shape index (κ1) is 24.2. The molecule has 0 N–H and O–H groups in total. The number of halogens is 1. The maximum Gasteiger partial charge on any atom is 0.175 e. The molecule has 1 aromatic heterocycles. The Bertz CT molecular complexity index is 1480. The number of nitrogens with zero attached hydrogens (tertiary/aromatic N) is 2. The predicted molar refractivity (Wildman–Crippen MR) is 127 cm³/mol. The van der Waals surface area contributed by atoms with E-state index in [4.69, 9.17) is 4.74 Å². The Morgan fingerprint density at radius 2 is 1.69 bits per heavy atom. The molecule has 0 atom stereocenters. The minimum atomic E-state index is -3.43. The molecule has 180 valence electrons. The lowest BCUT2D eigenvalue weighted by Crippen LogP contribution is -2.27. The third-order valence-corrected chi connectivity index (χ3v) is 6.73. The van der Waals surface area contributed by atoms with Crippen LogP contribution in [-0.2, 0) is 22.8 Å². The Morgan fingerprint density at radius 3 is 2.26 bits per heavy atom. The maximum absolute atomic E-state index is 14.6. The van der Waals surface area contributed by atoms with Crippen molar-refractivity contribution >= 4 is 15.8 Å². The van der Waals surface area contributed by atoms with Crippen LogP contribution in [0.15, 0.2) is 77.7 Å². The summed E-state index contributed by atoms with van der Waals surface area (Å²) in [5, 5.41) is 16.8. The highest BCUT2D eigenvalue weighted by molar-refractivity contribution is 7.90. The molecule has 0 saturated heterocycles. The number of ether oxygens (including phenoxy) is 1. The molecule has 7 nitrogen and oxygen atoms in total. The van der Waals surface area contributed by atoms with Gasteiger partial charge in [-0.2, -0.15) is 5.10 Å². The third-order valence-electron chi connectivity index (χ3n) is 5.60. The molecule has 0 saturated carbocycles. The SMILES string of the molecule is COc1ccc(-c2c(-c3ccc(S(C)(=O)=O)cc3)nn(CCc3ccccc3)c2C(=O)[O-])cc1F. The lowest BCUT2D eigenvalue weighted by atomic mass is 9.98. The normalized spacial score (nSPS) is 11.4. The van der Waals surface area contributed by atoms with Gasteiger partial charge in [0.05, 0.1) is 23.7 Å². The number of rotatable bonds is 8. The number of aryl methyl sites for hydroxylation is 2. The molecule has 35 heavy (non-hydrogen) atoms. The van der Waals surface area contributed by atoms with E-state index in [-0.39, 0.29) is 39.7 Å². The van der Waals surface area contributed by atoms with Crippen LogP contribution in [0.5, 0.6) is 5.75 Å². The van der Waals surface area contributed by atoms with Crippen LogP contribution in [0.4, 0.5) is 4.39 Å². The molecule has 0 radical (unpaired) electrons. The van der Waals surface area contributed by atoms with Crippen LogP contribution in [0, 0.1) is 5.82 Å². The second kappa shape index (κ2) is 9.71. The highest BCUT2D eigenvalue weighted by atomic mass is 32.2. The molecule has 4 rings (SSSR count). The smallest absolute Gasteiger partial charge is 0.175 e. The van der Waals surface area contributed by atoms with Crippen molar-refractivity contribution in [1.29, 1.82) is 0 Å². The summed E-state index contributed by atoms with van der Waals surface area (Å²) < 4.78 is 44.6. The standard InChI is InChI=1S/C26H23FN2O5S/c1-34-22-13-10-19(16-21(22)27)23-24(18-8-11-20(12-9-18)35(2,32)33)28-29(25(23)26(30)31)15-14-17-6-4-3-5-7-17/h3-13,16H,14-15H2,1-2H3,(H,30,31)/p-1. The zero-order valence-corrected chi connectivity index (χ0v) is 19.9. The van der Waals surface area contributed by atoms with Crippen LogP contribution >= 0.6 is 0 Å². The molecule has 0 fully saturated rings. The number of hydrogen-bond acceptors (Lipinski definition) is 6. The van der Waals surface area contributed by atoms with Gasteiger partial charge in [-0.3, -0.25) is 4.68 Å². The number of sulfone groups is 1. The Labute approximate surface area is 202 Å². The average molecular weight is 494 g/mol. The fourth-order valence-corrected chi connectivity index (χ4v) is 4.50. The summed E-state index contributed by atoms with van der Waals surface area (Å²) in [6, 6.07) is 19.6. The van der Waals surface area contributed by atoms with Crippen molar-refractivity contribution in [2.24, 2.45) is 0 Å². The molecule has 0 spiro atoms. The first-order valence-corrected chi connectivity index (χ1v) is 12.6. The van der Waals surface area contributed by atoms with Crippen LogP contribution < -0.4 is 9.84 Å². The summed E-state index contributed by atoms with van der Waals surface area (Å²) in [7, 11) is -2.09. The van der Waals surface area contributed by atoms with E-state index in [0.29, 0.717) is 12.0 Å². The van der Waals surface area contributed by atoms with E-state index in [2.05, 4.69) is 5.10 Å². The van der Waals surface area contributed by atoms with Crippen molar-refractivity contribution in [3.8, 4) is 28.1 Å². The van der Waals surface area contributed by atoms with E-state index in [1.165, 1.54) is 36.1 Å². The minimum absolute atomic E-state index is 0.0132. The number of carboxylic acids is 1. The van der Waals surface area contributed by atoms with Crippen molar-refractivity contribution in [2.75, 3.05) is 13.4 Å². The number of carbonyl (C=O) groups is 1. The number of hydrogen-bond donors (Lipinski definition) is 0. The molecule has 0 unspecified atom stereocenters. The van der Waals surface area contributed by atoms with Gasteiger partial charge in [-0.1, -0.05) is 48.5 Å². The first-order valence-electron chi connectivity index (χ1n) is 10.7. The summed E-state index contributed by atoms with van der Waals surface area (Å²) >= 11 is 0. The molecular formula is C26H22FN2O5S-. The Morgan fingerprint density at radius 1 is 1.03 bits per heavy atom. The fraction of sp³-hybridized carbons (Fsp3) is 0.154. The Balaban J connectivity index is 1.89. The van der Waals surface area contributed by atoms with Gasteiger partial charge in [0.2, 0.25) is 0 Å². The number of aromatic nitrogens is 2. The number of carboxylic acid groups (broad SMARTS) is 1. The van der Waals surface area contributed by atoms with Gasteiger partial charge in [-0.15, -0.1) is 0 Å². The molecule has 4 aromatic rings. The molecular weight excluding hydrogens is 471 g/mol. The Kier molecular flexibility index (Phi) is 6.70. The molecule has 0 aliphatic rings. The van der Waals surface area contributed by atoms with Crippen LogP contribution in [0.3, 0.4) is 0 Å². The number of benzene rings is 3. The zero-order chi connectivity index (χ0) is 25.2. The third kappa shape index (κ3) is 5.09. The van der Waals surface area contributed by atoms with E-state index < -0.39 is 21.6 Å². The van der Waals surface area contributed by atoms with Crippen molar-refractivity contribution in [3.63, 3.8) is 0 Å². The van der Waals surface area contributed by atoms with Crippen LogP contribution in [0.25, 0.3) is 22.4 Å². The lowest BCUT2D eigenvalue weighted by molar-refractivity contribution is -0.255. The summed E-state index contributed by atoms with van der Waals surface area (Å²) in [5.41, 5.74) is 1.98. The van der Waals surface area contributed by atoms with Crippen LogP contribution in [-0.4, -0.2) is 37.5 Å². The largest absolute Gasteiger partial charge is 0.543 e.